The van der Waals surface area contributed by atoms with Gasteiger partial charge in [0.15, 0.2) is 0 Å². The van der Waals surface area contributed by atoms with Crippen molar-refractivity contribution in [1.29, 1.82) is 0 Å². The molecule has 2 aliphatic rings. The minimum Gasteiger partial charge on any atom is -0.497 e. The third-order valence-corrected chi connectivity index (χ3v) is 5.29. The first kappa shape index (κ1) is 19.6. The van der Waals surface area contributed by atoms with E-state index in [2.05, 4.69) is 20.9 Å². The lowest BCUT2D eigenvalue weighted by atomic mass is 9.98. The number of amides is 2. The molecule has 1 aromatic carbocycles. The summed E-state index contributed by atoms with van der Waals surface area (Å²) in [6.07, 6.45) is 4.14. The number of carbonyl (C=O) groups is 2. The molecule has 27 heavy (non-hydrogen) atoms. The van der Waals surface area contributed by atoms with E-state index in [4.69, 9.17) is 4.74 Å². The van der Waals surface area contributed by atoms with Crippen molar-refractivity contribution in [3.05, 3.63) is 24.3 Å². The maximum absolute atomic E-state index is 12.3. The number of hydrogen-bond donors (Lipinski definition) is 3. The molecule has 7 heteroatoms. The molecule has 7 nitrogen and oxygen atoms in total. The summed E-state index contributed by atoms with van der Waals surface area (Å²) in [5.41, 5.74) is 0.769. The maximum atomic E-state index is 12.3. The van der Waals surface area contributed by atoms with Crippen LogP contribution in [0.5, 0.6) is 5.75 Å². The number of carbonyl (C=O) groups excluding carboxylic acids is 2. The van der Waals surface area contributed by atoms with E-state index in [0.29, 0.717) is 19.0 Å². The topological polar surface area (TPSA) is 82.7 Å². The zero-order chi connectivity index (χ0) is 19.1. The van der Waals surface area contributed by atoms with Crippen LogP contribution in [-0.2, 0) is 9.59 Å². The van der Waals surface area contributed by atoms with Crippen LogP contribution >= 0.6 is 0 Å². The van der Waals surface area contributed by atoms with Gasteiger partial charge in [-0.05, 0) is 69.0 Å². The fraction of sp³-hybridized carbons (Fsp3) is 0.600. The van der Waals surface area contributed by atoms with Crippen molar-refractivity contribution in [2.45, 2.75) is 31.7 Å². The van der Waals surface area contributed by atoms with Gasteiger partial charge in [-0.2, -0.15) is 0 Å². The molecular weight excluding hydrogens is 344 g/mol. The van der Waals surface area contributed by atoms with E-state index in [-0.39, 0.29) is 17.9 Å². The quantitative estimate of drug-likeness (QED) is 0.668. The first-order valence-electron chi connectivity index (χ1n) is 9.81. The summed E-state index contributed by atoms with van der Waals surface area (Å²) in [4.78, 5) is 26.6. The highest BCUT2D eigenvalue weighted by Crippen LogP contribution is 2.17. The average Bonchev–Trinajstić information content (AvgIpc) is 3.22. The molecule has 2 heterocycles. The molecule has 0 aliphatic carbocycles. The lowest BCUT2D eigenvalue weighted by molar-refractivity contribution is -0.123. The zero-order valence-electron chi connectivity index (χ0n) is 16.0. The van der Waals surface area contributed by atoms with Gasteiger partial charge >= 0.3 is 0 Å². The number of hydrogen-bond acceptors (Lipinski definition) is 5. The molecule has 0 bridgehead atoms. The Hall–Kier alpha value is -2.12. The van der Waals surface area contributed by atoms with Crippen LogP contribution in [0.1, 0.15) is 25.7 Å². The molecule has 2 aliphatic heterocycles. The van der Waals surface area contributed by atoms with Gasteiger partial charge < -0.3 is 20.7 Å². The lowest BCUT2D eigenvalue weighted by Gasteiger charge is -2.32. The molecule has 0 saturated carbocycles. The zero-order valence-corrected chi connectivity index (χ0v) is 16.0. The molecule has 0 spiro atoms. The van der Waals surface area contributed by atoms with Crippen LogP contribution in [0.3, 0.4) is 0 Å². The highest BCUT2D eigenvalue weighted by Gasteiger charge is 2.25. The Labute approximate surface area is 160 Å². The summed E-state index contributed by atoms with van der Waals surface area (Å²) in [5.74, 6) is 1.27. The highest BCUT2D eigenvalue weighted by atomic mass is 16.5. The van der Waals surface area contributed by atoms with Gasteiger partial charge in [-0.1, -0.05) is 0 Å². The number of nitrogens with zero attached hydrogens (tertiary/aromatic N) is 1. The van der Waals surface area contributed by atoms with Gasteiger partial charge in [-0.25, -0.2) is 0 Å². The highest BCUT2D eigenvalue weighted by molar-refractivity contribution is 5.92. The molecule has 3 N–H and O–H groups in total. The van der Waals surface area contributed by atoms with E-state index in [9.17, 15) is 9.59 Å². The number of anilines is 1. The minimum atomic E-state index is -0.0278. The van der Waals surface area contributed by atoms with Gasteiger partial charge in [0.1, 0.15) is 5.75 Å². The Morgan fingerprint density at radius 1 is 1.22 bits per heavy atom. The summed E-state index contributed by atoms with van der Waals surface area (Å²) >= 11 is 0. The molecular formula is C20H30N4O3. The SMILES string of the molecule is COc1ccc(NC(=O)CN2CCCC(CNC(=O)C3CCCN3)C2)cc1. The molecule has 0 radical (unpaired) electrons. The molecule has 2 fully saturated rings. The van der Waals surface area contributed by atoms with Crippen molar-refractivity contribution in [2.24, 2.45) is 5.92 Å². The van der Waals surface area contributed by atoms with Gasteiger partial charge in [0, 0.05) is 18.8 Å². The van der Waals surface area contributed by atoms with Crippen molar-refractivity contribution in [1.82, 2.24) is 15.5 Å². The Bertz CT molecular complexity index is 629. The molecule has 0 aromatic heterocycles. The van der Waals surface area contributed by atoms with Gasteiger partial charge in [0.2, 0.25) is 11.8 Å². The molecule has 2 saturated heterocycles. The number of benzene rings is 1. The third-order valence-electron chi connectivity index (χ3n) is 5.29. The van der Waals surface area contributed by atoms with Crippen molar-refractivity contribution >= 4 is 17.5 Å². The molecule has 1 aromatic rings. The summed E-state index contributed by atoms with van der Waals surface area (Å²) < 4.78 is 5.12. The molecule has 2 atom stereocenters. The van der Waals surface area contributed by atoms with Gasteiger partial charge in [-0.15, -0.1) is 0 Å². The Morgan fingerprint density at radius 3 is 2.74 bits per heavy atom. The van der Waals surface area contributed by atoms with Gasteiger partial charge in [0.25, 0.3) is 0 Å². The first-order valence-corrected chi connectivity index (χ1v) is 9.81. The van der Waals surface area contributed by atoms with Gasteiger partial charge in [-0.3, -0.25) is 14.5 Å². The van der Waals surface area contributed by atoms with Gasteiger partial charge in [0.05, 0.1) is 19.7 Å². The monoisotopic (exact) mass is 374 g/mol. The van der Waals surface area contributed by atoms with Crippen LogP contribution in [-0.4, -0.2) is 62.6 Å². The van der Waals surface area contributed by atoms with E-state index in [1.54, 1.807) is 7.11 Å². The van der Waals surface area contributed by atoms with Crippen LogP contribution in [0.15, 0.2) is 24.3 Å². The van der Waals surface area contributed by atoms with Crippen LogP contribution in [0.2, 0.25) is 0 Å². The van der Waals surface area contributed by atoms with E-state index < -0.39 is 0 Å². The second-order valence-electron chi connectivity index (χ2n) is 7.41. The van der Waals surface area contributed by atoms with E-state index in [1.165, 1.54) is 0 Å². The summed E-state index contributed by atoms with van der Waals surface area (Å²) in [6, 6.07) is 7.30. The summed E-state index contributed by atoms with van der Waals surface area (Å²) in [6.45, 7) is 3.76. The standard InChI is InChI=1S/C20H30N4O3/c1-27-17-8-6-16(7-9-17)23-19(25)14-24-11-3-4-15(13-24)12-22-20(26)18-5-2-10-21-18/h6-9,15,18,21H,2-5,10-14H2,1H3,(H,22,26)(H,23,25). The normalized spacial score (nSPS) is 23.0. The number of nitrogens with one attached hydrogen (secondary N) is 3. The van der Waals surface area contributed by atoms with E-state index in [1.807, 2.05) is 24.3 Å². The van der Waals surface area contributed by atoms with Crippen LogP contribution in [0.4, 0.5) is 5.69 Å². The second-order valence-corrected chi connectivity index (χ2v) is 7.41. The Morgan fingerprint density at radius 2 is 2.04 bits per heavy atom. The minimum absolute atomic E-state index is 0.0139. The maximum Gasteiger partial charge on any atom is 0.238 e. The van der Waals surface area contributed by atoms with Crippen LogP contribution in [0.25, 0.3) is 0 Å². The molecule has 2 amide bonds. The molecule has 3 rings (SSSR count). The summed E-state index contributed by atoms with van der Waals surface area (Å²) in [5, 5.41) is 9.23. The van der Waals surface area contributed by atoms with Crippen LogP contribution < -0.4 is 20.7 Å². The lowest BCUT2D eigenvalue weighted by Crippen LogP contribution is -2.46. The van der Waals surface area contributed by atoms with E-state index in [0.717, 1.165) is 56.8 Å². The Kier molecular flexibility index (Phi) is 7.06. The second kappa shape index (κ2) is 9.71. The van der Waals surface area contributed by atoms with Crippen molar-refractivity contribution in [3.8, 4) is 5.75 Å². The summed E-state index contributed by atoms with van der Waals surface area (Å²) in [7, 11) is 1.62. The number of ether oxygens (including phenoxy) is 1. The average molecular weight is 374 g/mol. The molecule has 2 unspecified atom stereocenters. The predicted molar refractivity (Wildman–Crippen MR) is 105 cm³/mol. The van der Waals surface area contributed by atoms with Crippen LogP contribution in [0, 0.1) is 5.92 Å². The van der Waals surface area contributed by atoms with Crippen molar-refractivity contribution in [2.75, 3.05) is 45.2 Å². The first-order chi connectivity index (χ1) is 13.1. The number of rotatable bonds is 7. The smallest absolute Gasteiger partial charge is 0.238 e. The predicted octanol–water partition coefficient (Wildman–Crippen LogP) is 1.21. The van der Waals surface area contributed by atoms with Crippen molar-refractivity contribution < 1.29 is 14.3 Å². The van der Waals surface area contributed by atoms with E-state index >= 15 is 0 Å². The number of methoxy groups -OCH3 is 1. The number of piperidine rings is 1. The van der Waals surface area contributed by atoms with Crippen molar-refractivity contribution in [3.63, 3.8) is 0 Å². The number of likely N-dealkylation sites (tertiary alicyclic amines) is 1. The Balaban J connectivity index is 1.40. The molecule has 148 valence electrons. The fourth-order valence-corrected chi connectivity index (χ4v) is 3.82. The largest absolute Gasteiger partial charge is 0.497 e. The fourth-order valence-electron chi connectivity index (χ4n) is 3.82. The third kappa shape index (κ3) is 5.94.